The van der Waals surface area contributed by atoms with Crippen LogP contribution in [-0.4, -0.2) is 29.2 Å². The lowest BCUT2D eigenvalue weighted by Crippen LogP contribution is -2.39. The van der Waals surface area contributed by atoms with Crippen molar-refractivity contribution in [2.45, 2.75) is 71.4 Å². The third-order valence-corrected chi connectivity index (χ3v) is 4.41. The molecule has 4 heteroatoms. The summed E-state index contributed by atoms with van der Waals surface area (Å²) in [5.41, 5.74) is 3.38. The van der Waals surface area contributed by atoms with Gasteiger partial charge in [-0.3, -0.25) is 0 Å². The zero-order chi connectivity index (χ0) is 15.7. The minimum Gasteiger partial charge on any atom is -0.370 e. The smallest absolute Gasteiger partial charge is 0.160 e. The van der Waals surface area contributed by atoms with Gasteiger partial charge >= 0.3 is 0 Å². The van der Waals surface area contributed by atoms with E-state index >= 15 is 0 Å². The summed E-state index contributed by atoms with van der Waals surface area (Å²) < 4.78 is 5.70. The lowest BCUT2D eigenvalue weighted by Gasteiger charge is -2.39. The quantitative estimate of drug-likeness (QED) is 0.906. The third-order valence-electron chi connectivity index (χ3n) is 4.41. The van der Waals surface area contributed by atoms with Crippen molar-refractivity contribution in [3.63, 3.8) is 0 Å². The molecular weight excluding hydrogens is 262 g/mol. The molecule has 0 saturated heterocycles. The molecular formula is C17H29N3O. The van der Waals surface area contributed by atoms with Crippen molar-refractivity contribution in [1.29, 1.82) is 0 Å². The van der Waals surface area contributed by atoms with Crippen LogP contribution < -0.4 is 5.32 Å². The Kier molecular flexibility index (Phi) is 4.69. The van der Waals surface area contributed by atoms with Gasteiger partial charge in [-0.2, -0.15) is 0 Å². The molecule has 21 heavy (non-hydrogen) atoms. The van der Waals surface area contributed by atoms with Gasteiger partial charge in [-0.15, -0.1) is 0 Å². The first-order valence-electron chi connectivity index (χ1n) is 7.92. The van der Waals surface area contributed by atoms with Crippen LogP contribution >= 0.6 is 0 Å². The molecule has 0 atom stereocenters. The number of aryl methyl sites for hydroxylation is 2. The van der Waals surface area contributed by atoms with Crippen LogP contribution in [0, 0.1) is 13.8 Å². The van der Waals surface area contributed by atoms with Crippen molar-refractivity contribution in [2.75, 3.05) is 13.7 Å². The molecule has 0 aromatic carbocycles. The number of nitrogens with zero attached hydrogens (tertiary/aromatic N) is 2. The fraction of sp³-hybridized carbons (Fsp3) is 0.765. The molecule has 0 radical (unpaired) electrons. The summed E-state index contributed by atoms with van der Waals surface area (Å²) in [5.74, 6) is 0.874. The second-order valence-electron chi connectivity index (χ2n) is 7.18. The van der Waals surface area contributed by atoms with E-state index in [1.807, 2.05) is 0 Å². The first-order chi connectivity index (χ1) is 9.77. The Morgan fingerprint density at radius 3 is 2.10 bits per heavy atom. The molecule has 0 bridgehead atoms. The van der Waals surface area contributed by atoms with E-state index in [9.17, 15) is 0 Å². The van der Waals surface area contributed by atoms with Crippen LogP contribution in [0.1, 0.15) is 62.8 Å². The molecule has 1 saturated carbocycles. The van der Waals surface area contributed by atoms with Crippen LogP contribution in [0.4, 0.5) is 0 Å². The van der Waals surface area contributed by atoms with Gasteiger partial charge < -0.3 is 10.1 Å². The van der Waals surface area contributed by atoms with E-state index in [-0.39, 0.29) is 11.1 Å². The van der Waals surface area contributed by atoms with Crippen molar-refractivity contribution in [2.24, 2.45) is 0 Å². The minimum absolute atomic E-state index is 0.147. The van der Waals surface area contributed by atoms with Crippen LogP contribution in [-0.2, 0) is 16.8 Å². The molecule has 1 fully saturated rings. The van der Waals surface area contributed by atoms with Crippen LogP contribution in [0.3, 0.4) is 0 Å². The van der Waals surface area contributed by atoms with Gasteiger partial charge in [-0.05, 0) is 72.4 Å². The number of nitrogens with one attached hydrogen (secondary N) is 1. The highest BCUT2D eigenvalue weighted by Crippen LogP contribution is 2.42. The molecule has 0 unspecified atom stereocenters. The van der Waals surface area contributed by atoms with Gasteiger partial charge in [0.15, 0.2) is 5.82 Å². The summed E-state index contributed by atoms with van der Waals surface area (Å²) >= 11 is 0. The number of methoxy groups -OCH3 is 1. The topological polar surface area (TPSA) is 47.0 Å². The van der Waals surface area contributed by atoms with E-state index in [0.717, 1.165) is 43.0 Å². The lowest BCUT2D eigenvalue weighted by molar-refractivity contribution is -0.0848. The number of rotatable bonds is 5. The Morgan fingerprint density at radius 1 is 1.14 bits per heavy atom. The van der Waals surface area contributed by atoms with Crippen molar-refractivity contribution in [1.82, 2.24) is 15.3 Å². The standard InChI is InChI=1S/C17H29N3O/c1-12-14(8-11-18-16(3,4)5)13(2)20-15(19-12)17(21-6)9-7-10-17/h18H,7-11H2,1-6H3. The maximum atomic E-state index is 5.70. The molecule has 0 spiro atoms. The van der Waals surface area contributed by atoms with Crippen LogP contribution in [0.15, 0.2) is 0 Å². The summed E-state index contributed by atoms with van der Waals surface area (Å²) in [4.78, 5) is 9.50. The Bertz CT molecular complexity index is 473. The zero-order valence-electron chi connectivity index (χ0n) is 14.3. The first-order valence-corrected chi connectivity index (χ1v) is 7.92. The van der Waals surface area contributed by atoms with Crippen molar-refractivity contribution in [3.8, 4) is 0 Å². The highest BCUT2D eigenvalue weighted by molar-refractivity contribution is 5.27. The van der Waals surface area contributed by atoms with Crippen LogP contribution in [0.25, 0.3) is 0 Å². The predicted molar refractivity (Wildman–Crippen MR) is 85.5 cm³/mol. The van der Waals surface area contributed by atoms with Gasteiger partial charge in [0.25, 0.3) is 0 Å². The number of ether oxygens (including phenoxy) is 1. The molecule has 2 rings (SSSR count). The monoisotopic (exact) mass is 291 g/mol. The molecule has 1 heterocycles. The maximum absolute atomic E-state index is 5.70. The second kappa shape index (κ2) is 6.01. The van der Waals surface area contributed by atoms with E-state index in [1.54, 1.807) is 7.11 Å². The summed E-state index contributed by atoms with van der Waals surface area (Å²) in [6.45, 7) is 11.7. The normalized spacial score (nSPS) is 17.6. The number of hydrogen-bond acceptors (Lipinski definition) is 4. The van der Waals surface area contributed by atoms with E-state index in [2.05, 4.69) is 39.9 Å². The predicted octanol–water partition coefficient (Wildman–Crippen LogP) is 3.05. The molecule has 118 valence electrons. The van der Waals surface area contributed by atoms with Gasteiger partial charge in [0.05, 0.1) is 0 Å². The molecule has 1 aromatic rings. The largest absolute Gasteiger partial charge is 0.370 e. The van der Waals surface area contributed by atoms with Gasteiger partial charge in [0, 0.05) is 24.0 Å². The maximum Gasteiger partial charge on any atom is 0.160 e. The Balaban J connectivity index is 2.14. The van der Waals surface area contributed by atoms with Crippen molar-refractivity contribution in [3.05, 3.63) is 22.8 Å². The third kappa shape index (κ3) is 3.61. The minimum atomic E-state index is -0.224. The van der Waals surface area contributed by atoms with Crippen LogP contribution in [0.2, 0.25) is 0 Å². The summed E-state index contributed by atoms with van der Waals surface area (Å²) in [7, 11) is 1.77. The molecule has 0 amide bonds. The zero-order valence-corrected chi connectivity index (χ0v) is 14.3. The van der Waals surface area contributed by atoms with Crippen LogP contribution in [0.5, 0.6) is 0 Å². The molecule has 1 aromatic heterocycles. The SMILES string of the molecule is COC1(c2nc(C)c(CCNC(C)(C)C)c(C)n2)CCC1. The van der Waals surface area contributed by atoms with E-state index in [1.165, 1.54) is 12.0 Å². The molecule has 1 aliphatic rings. The Labute approximate surface area is 128 Å². The van der Waals surface area contributed by atoms with E-state index in [0.29, 0.717) is 0 Å². The molecule has 4 nitrogen and oxygen atoms in total. The van der Waals surface area contributed by atoms with Gasteiger partial charge in [-0.25, -0.2) is 9.97 Å². The fourth-order valence-electron chi connectivity index (χ4n) is 2.88. The lowest BCUT2D eigenvalue weighted by atomic mass is 9.79. The highest BCUT2D eigenvalue weighted by atomic mass is 16.5. The Morgan fingerprint density at radius 2 is 1.71 bits per heavy atom. The van der Waals surface area contributed by atoms with Crippen molar-refractivity contribution < 1.29 is 4.74 Å². The fourth-order valence-corrected chi connectivity index (χ4v) is 2.88. The summed E-state index contributed by atoms with van der Waals surface area (Å²) in [6.07, 6.45) is 4.24. The molecule has 1 N–H and O–H groups in total. The number of hydrogen-bond donors (Lipinski definition) is 1. The second-order valence-corrected chi connectivity index (χ2v) is 7.18. The van der Waals surface area contributed by atoms with Gasteiger partial charge in [0.1, 0.15) is 5.60 Å². The number of aromatic nitrogens is 2. The highest BCUT2D eigenvalue weighted by Gasteiger charge is 2.42. The van der Waals surface area contributed by atoms with Crippen molar-refractivity contribution >= 4 is 0 Å². The average Bonchev–Trinajstić information content (AvgIpc) is 2.30. The van der Waals surface area contributed by atoms with Gasteiger partial charge in [0.2, 0.25) is 0 Å². The Hall–Kier alpha value is -1.00. The van der Waals surface area contributed by atoms with Gasteiger partial charge in [-0.1, -0.05) is 0 Å². The first kappa shape index (κ1) is 16.4. The van der Waals surface area contributed by atoms with E-state index in [4.69, 9.17) is 14.7 Å². The molecule has 1 aliphatic carbocycles. The molecule has 0 aliphatic heterocycles. The average molecular weight is 291 g/mol. The summed E-state index contributed by atoms with van der Waals surface area (Å²) in [5, 5.41) is 3.52. The summed E-state index contributed by atoms with van der Waals surface area (Å²) in [6, 6.07) is 0. The van der Waals surface area contributed by atoms with E-state index < -0.39 is 0 Å².